The van der Waals surface area contributed by atoms with Crippen LogP contribution in [-0.4, -0.2) is 26.5 Å². The van der Waals surface area contributed by atoms with E-state index in [9.17, 15) is 4.79 Å². The summed E-state index contributed by atoms with van der Waals surface area (Å²) in [5.41, 5.74) is 5.83. The van der Waals surface area contributed by atoms with Crippen molar-refractivity contribution in [2.75, 3.05) is 5.32 Å². The Morgan fingerprint density at radius 2 is 2.40 bits per heavy atom. The lowest BCUT2D eigenvalue weighted by Gasteiger charge is -2.06. The van der Waals surface area contributed by atoms with E-state index in [1.807, 2.05) is 18.2 Å². The van der Waals surface area contributed by atoms with Crippen molar-refractivity contribution in [3.8, 4) is 0 Å². The van der Waals surface area contributed by atoms with Gasteiger partial charge in [-0.25, -0.2) is 4.52 Å². The van der Waals surface area contributed by atoms with Gasteiger partial charge in [-0.3, -0.25) is 4.79 Å². The van der Waals surface area contributed by atoms with Crippen LogP contribution in [0.3, 0.4) is 0 Å². The zero-order valence-electron chi connectivity index (χ0n) is 8.21. The number of carbonyl (C=O) groups is 1. The lowest BCUT2D eigenvalue weighted by Crippen LogP contribution is -2.32. The van der Waals surface area contributed by atoms with E-state index in [0.717, 1.165) is 5.65 Å². The van der Waals surface area contributed by atoms with Crippen LogP contribution in [0.25, 0.3) is 5.65 Å². The van der Waals surface area contributed by atoms with E-state index in [1.54, 1.807) is 17.6 Å². The van der Waals surface area contributed by atoms with Gasteiger partial charge in [0.25, 0.3) is 0 Å². The molecule has 0 spiro atoms. The molecule has 1 unspecified atom stereocenters. The average molecular weight is 205 g/mol. The van der Waals surface area contributed by atoms with E-state index >= 15 is 0 Å². The van der Waals surface area contributed by atoms with E-state index in [4.69, 9.17) is 5.73 Å². The zero-order valence-corrected chi connectivity index (χ0v) is 8.21. The standard InChI is InChI=1S/C9H11N5O/c1-6(8(10)15)11-9-12-7-4-2-3-5-14(7)13-9/h2-6H,1H3,(H2,10,15)(H,11,13). The minimum atomic E-state index is -0.484. The fourth-order valence-corrected chi connectivity index (χ4v) is 1.16. The first-order valence-corrected chi connectivity index (χ1v) is 4.54. The van der Waals surface area contributed by atoms with Gasteiger partial charge in [0.1, 0.15) is 6.04 Å². The van der Waals surface area contributed by atoms with Crippen LogP contribution in [0.4, 0.5) is 5.95 Å². The van der Waals surface area contributed by atoms with Crippen molar-refractivity contribution in [2.24, 2.45) is 5.73 Å². The van der Waals surface area contributed by atoms with Crippen molar-refractivity contribution in [3.63, 3.8) is 0 Å². The number of aromatic nitrogens is 3. The maximum absolute atomic E-state index is 10.8. The van der Waals surface area contributed by atoms with Crippen molar-refractivity contribution >= 4 is 17.5 Å². The predicted octanol–water partition coefficient (Wildman–Crippen LogP) is 0.0150. The SMILES string of the molecule is CC(Nc1nc2ccccn2n1)C(N)=O. The molecule has 0 aliphatic rings. The van der Waals surface area contributed by atoms with Crippen molar-refractivity contribution in [1.29, 1.82) is 0 Å². The molecule has 0 radical (unpaired) electrons. The second-order valence-corrected chi connectivity index (χ2v) is 3.21. The highest BCUT2D eigenvalue weighted by Gasteiger charge is 2.10. The molecule has 0 aliphatic heterocycles. The third-order valence-corrected chi connectivity index (χ3v) is 2.01. The smallest absolute Gasteiger partial charge is 0.243 e. The molecule has 1 atom stereocenters. The first kappa shape index (κ1) is 9.45. The molecule has 2 heterocycles. The highest BCUT2D eigenvalue weighted by molar-refractivity contribution is 5.81. The van der Waals surface area contributed by atoms with Gasteiger partial charge in [0.05, 0.1) is 0 Å². The van der Waals surface area contributed by atoms with E-state index in [2.05, 4.69) is 15.4 Å². The molecule has 0 aromatic carbocycles. The largest absolute Gasteiger partial charge is 0.368 e. The molecule has 6 heteroatoms. The summed E-state index contributed by atoms with van der Waals surface area (Å²) in [6, 6.07) is 5.06. The number of nitrogens with one attached hydrogen (secondary N) is 1. The molecule has 2 aromatic rings. The summed E-state index contributed by atoms with van der Waals surface area (Å²) in [6.45, 7) is 1.66. The summed E-state index contributed by atoms with van der Waals surface area (Å²) in [6.07, 6.45) is 1.78. The van der Waals surface area contributed by atoms with Gasteiger partial charge in [0, 0.05) is 6.20 Å². The summed E-state index contributed by atoms with van der Waals surface area (Å²) in [7, 11) is 0. The van der Waals surface area contributed by atoms with E-state index in [-0.39, 0.29) is 0 Å². The van der Waals surface area contributed by atoms with E-state index in [0.29, 0.717) is 5.95 Å². The Labute approximate surface area is 86.1 Å². The number of nitrogens with two attached hydrogens (primary N) is 1. The Morgan fingerprint density at radius 1 is 1.60 bits per heavy atom. The van der Waals surface area contributed by atoms with E-state index in [1.165, 1.54) is 0 Å². The molecular formula is C9H11N5O. The molecule has 15 heavy (non-hydrogen) atoms. The van der Waals surface area contributed by atoms with Gasteiger partial charge in [0.2, 0.25) is 11.9 Å². The number of rotatable bonds is 3. The molecule has 6 nitrogen and oxygen atoms in total. The number of pyridine rings is 1. The number of amides is 1. The summed E-state index contributed by atoms with van der Waals surface area (Å²) in [4.78, 5) is 15.0. The molecule has 0 saturated heterocycles. The Kier molecular flexibility index (Phi) is 2.24. The van der Waals surface area contributed by atoms with Gasteiger partial charge >= 0.3 is 0 Å². The summed E-state index contributed by atoms with van der Waals surface area (Å²) < 4.78 is 1.62. The molecule has 0 aliphatic carbocycles. The Bertz CT molecular complexity index is 459. The Morgan fingerprint density at radius 3 is 3.07 bits per heavy atom. The molecule has 2 rings (SSSR count). The maximum atomic E-state index is 10.8. The van der Waals surface area contributed by atoms with Crippen LogP contribution in [0.5, 0.6) is 0 Å². The fourth-order valence-electron chi connectivity index (χ4n) is 1.16. The minimum absolute atomic E-state index is 0.396. The van der Waals surface area contributed by atoms with E-state index < -0.39 is 11.9 Å². The topological polar surface area (TPSA) is 85.3 Å². The molecule has 0 fully saturated rings. The molecule has 0 saturated carbocycles. The Balaban J connectivity index is 2.26. The first-order valence-electron chi connectivity index (χ1n) is 4.54. The molecule has 78 valence electrons. The van der Waals surface area contributed by atoms with Gasteiger partial charge in [-0.15, -0.1) is 5.10 Å². The highest BCUT2D eigenvalue weighted by atomic mass is 16.1. The fraction of sp³-hybridized carbons (Fsp3) is 0.222. The lowest BCUT2D eigenvalue weighted by atomic mass is 10.3. The number of hydrogen-bond acceptors (Lipinski definition) is 4. The van der Waals surface area contributed by atoms with Crippen LogP contribution in [0, 0.1) is 0 Å². The van der Waals surface area contributed by atoms with Crippen molar-refractivity contribution < 1.29 is 4.79 Å². The Hall–Kier alpha value is -2.11. The predicted molar refractivity (Wildman–Crippen MR) is 55.3 cm³/mol. The van der Waals surface area contributed by atoms with Gasteiger partial charge in [-0.1, -0.05) is 6.07 Å². The van der Waals surface area contributed by atoms with Crippen LogP contribution >= 0.6 is 0 Å². The summed E-state index contributed by atoms with van der Waals surface area (Å²) >= 11 is 0. The monoisotopic (exact) mass is 205 g/mol. The van der Waals surface area contributed by atoms with Crippen LogP contribution < -0.4 is 11.1 Å². The number of hydrogen-bond donors (Lipinski definition) is 2. The van der Waals surface area contributed by atoms with Crippen molar-refractivity contribution in [2.45, 2.75) is 13.0 Å². The molecule has 1 amide bonds. The number of anilines is 1. The zero-order chi connectivity index (χ0) is 10.8. The lowest BCUT2D eigenvalue weighted by molar-refractivity contribution is -0.118. The van der Waals surface area contributed by atoms with Gasteiger partial charge in [0.15, 0.2) is 5.65 Å². The second-order valence-electron chi connectivity index (χ2n) is 3.21. The van der Waals surface area contributed by atoms with Crippen LogP contribution in [-0.2, 0) is 4.79 Å². The van der Waals surface area contributed by atoms with Crippen molar-refractivity contribution in [3.05, 3.63) is 24.4 Å². The normalized spacial score (nSPS) is 12.6. The van der Waals surface area contributed by atoms with Crippen molar-refractivity contribution in [1.82, 2.24) is 14.6 Å². The molecule has 0 bridgehead atoms. The molecular weight excluding hydrogens is 194 g/mol. The number of carbonyl (C=O) groups excluding carboxylic acids is 1. The number of fused-ring (bicyclic) bond motifs is 1. The number of nitrogens with zero attached hydrogens (tertiary/aromatic N) is 3. The summed E-state index contributed by atoms with van der Waals surface area (Å²) in [5, 5.41) is 6.93. The highest BCUT2D eigenvalue weighted by Crippen LogP contribution is 2.05. The second kappa shape index (κ2) is 3.56. The molecule has 2 aromatic heterocycles. The van der Waals surface area contributed by atoms with Crippen LogP contribution in [0.2, 0.25) is 0 Å². The van der Waals surface area contributed by atoms with Gasteiger partial charge < -0.3 is 11.1 Å². The quantitative estimate of drug-likeness (QED) is 0.739. The third kappa shape index (κ3) is 1.88. The van der Waals surface area contributed by atoms with Crippen LogP contribution in [0.1, 0.15) is 6.92 Å². The minimum Gasteiger partial charge on any atom is -0.368 e. The number of primary amides is 1. The summed E-state index contributed by atoms with van der Waals surface area (Å²) in [5.74, 6) is -0.0404. The van der Waals surface area contributed by atoms with Gasteiger partial charge in [-0.05, 0) is 19.1 Å². The average Bonchev–Trinajstić information content (AvgIpc) is 2.59. The van der Waals surface area contributed by atoms with Crippen LogP contribution in [0.15, 0.2) is 24.4 Å². The first-order chi connectivity index (χ1) is 7.16. The molecule has 3 N–H and O–H groups in total. The third-order valence-electron chi connectivity index (χ3n) is 2.01. The maximum Gasteiger partial charge on any atom is 0.243 e. The van der Waals surface area contributed by atoms with Gasteiger partial charge in [-0.2, -0.15) is 4.98 Å².